The van der Waals surface area contributed by atoms with Crippen LogP contribution in [0.3, 0.4) is 0 Å². The molecule has 1 aromatic rings. The Morgan fingerprint density at radius 3 is 2.36 bits per heavy atom. The highest BCUT2D eigenvalue weighted by Gasteiger charge is 2.31. The Balaban J connectivity index is 3.08. The molecule has 0 amide bonds. The lowest BCUT2D eigenvalue weighted by Gasteiger charge is -2.26. The standard InChI is InChI=1S/C12H16O2/c1-3-12(2,11(14)9-13)10-7-5-4-6-8-10/h4-8,13H,3,9H2,1-2H3/t12-/m1/s1. The van der Waals surface area contributed by atoms with Gasteiger partial charge in [-0.25, -0.2) is 0 Å². The summed E-state index contributed by atoms with van der Waals surface area (Å²) < 4.78 is 0. The number of carbonyl (C=O) groups is 1. The molecule has 0 aromatic heterocycles. The van der Waals surface area contributed by atoms with Crippen molar-refractivity contribution in [3.63, 3.8) is 0 Å². The zero-order valence-corrected chi connectivity index (χ0v) is 8.66. The Bertz CT molecular complexity index is 305. The summed E-state index contributed by atoms with van der Waals surface area (Å²) in [5.41, 5.74) is 0.428. The predicted octanol–water partition coefficient (Wildman–Crippen LogP) is 1.92. The quantitative estimate of drug-likeness (QED) is 0.791. The van der Waals surface area contributed by atoms with Gasteiger partial charge in [-0.2, -0.15) is 0 Å². The van der Waals surface area contributed by atoms with E-state index in [-0.39, 0.29) is 12.4 Å². The molecular formula is C12H16O2. The fourth-order valence-corrected chi connectivity index (χ4v) is 1.54. The molecule has 0 spiro atoms. The van der Waals surface area contributed by atoms with Crippen molar-refractivity contribution in [2.24, 2.45) is 0 Å². The maximum Gasteiger partial charge on any atom is 0.168 e. The van der Waals surface area contributed by atoms with Crippen LogP contribution in [0.25, 0.3) is 0 Å². The zero-order valence-electron chi connectivity index (χ0n) is 8.66. The van der Waals surface area contributed by atoms with Crippen molar-refractivity contribution >= 4 is 5.78 Å². The first kappa shape index (κ1) is 10.9. The largest absolute Gasteiger partial charge is 0.389 e. The molecule has 0 fully saturated rings. The van der Waals surface area contributed by atoms with Gasteiger partial charge in [-0.1, -0.05) is 37.3 Å². The minimum atomic E-state index is -0.546. The maximum absolute atomic E-state index is 11.6. The van der Waals surface area contributed by atoms with Crippen LogP contribution in [0.15, 0.2) is 30.3 Å². The first-order valence-corrected chi connectivity index (χ1v) is 4.85. The van der Waals surface area contributed by atoms with Gasteiger partial charge in [0, 0.05) is 0 Å². The Morgan fingerprint density at radius 1 is 1.36 bits per heavy atom. The van der Waals surface area contributed by atoms with Crippen molar-refractivity contribution in [2.75, 3.05) is 6.61 Å². The molecule has 1 rings (SSSR count). The molecular weight excluding hydrogens is 176 g/mol. The van der Waals surface area contributed by atoms with E-state index in [9.17, 15) is 4.79 Å². The molecule has 0 unspecified atom stereocenters. The van der Waals surface area contributed by atoms with Gasteiger partial charge < -0.3 is 5.11 Å². The predicted molar refractivity (Wildman–Crippen MR) is 56.2 cm³/mol. The maximum atomic E-state index is 11.6. The number of ketones is 1. The van der Waals surface area contributed by atoms with Crippen molar-refractivity contribution in [1.29, 1.82) is 0 Å². The number of rotatable bonds is 4. The molecule has 1 aromatic carbocycles. The molecule has 0 saturated heterocycles. The summed E-state index contributed by atoms with van der Waals surface area (Å²) in [7, 11) is 0. The summed E-state index contributed by atoms with van der Waals surface area (Å²) in [5, 5.41) is 8.91. The van der Waals surface area contributed by atoms with Crippen molar-refractivity contribution in [3.8, 4) is 0 Å². The Hall–Kier alpha value is -1.15. The summed E-state index contributed by atoms with van der Waals surface area (Å²) in [4.78, 5) is 11.6. The molecule has 0 saturated carbocycles. The van der Waals surface area contributed by atoms with Crippen LogP contribution in [0, 0.1) is 0 Å². The molecule has 0 aliphatic carbocycles. The molecule has 0 heterocycles. The monoisotopic (exact) mass is 192 g/mol. The van der Waals surface area contributed by atoms with E-state index in [0.29, 0.717) is 6.42 Å². The second-order valence-corrected chi connectivity index (χ2v) is 3.63. The summed E-state index contributed by atoms with van der Waals surface area (Å²) in [5.74, 6) is -0.119. The van der Waals surface area contributed by atoms with Crippen LogP contribution >= 0.6 is 0 Å². The lowest BCUT2D eigenvalue weighted by Crippen LogP contribution is -2.34. The fourth-order valence-electron chi connectivity index (χ4n) is 1.54. The van der Waals surface area contributed by atoms with Gasteiger partial charge in [0.2, 0.25) is 0 Å². The molecule has 14 heavy (non-hydrogen) atoms. The van der Waals surface area contributed by atoms with Crippen molar-refractivity contribution in [1.82, 2.24) is 0 Å². The number of aliphatic hydroxyl groups excluding tert-OH is 1. The minimum Gasteiger partial charge on any atom is -0.389 e. The molecule has 0 radical (unpaired) electrons. The van der Waals surface area contributed by atoms with Gasteiger partial charge in [0.15, 0.2) is 5.78 Å². The van der Waals surface area contributed by atoms with E-state index in [1.54, 1.807) is 0 Å². The van der Waals surface area contributed by atoms with Gasteiger partial charge >= 0.3 is 0 Å². The number of hydrogen-bond acceptors (Lipinski definition) is 2. The molecule has 2 nitrogen and oxygen atoms in total. The highest BCUT2D eigenvalue weighted by atomic mass is 16.3. The molecule has 2 heteroatoms. The Morgan fingerprint density at radius 2 is 1.93 bits per heavy atom. The Labute approximate surface area is 84.6 Å². The van der Waals surface area contributed by atoms with Crippen molar-refractivity contribution in [2.45, 2.75) is 25.7 Å². The van der Waals surface area contributed by atoms with Crippen LogP contribution in [0.4, 0.5) is 0 Å². The summed E-state index contributed by atoms with van der Waals surface area (Å²) in [6, 6.07) is 9.60. The lowest BCUT2D eigenvalue weighted by atomic mass is 9.76. The zero-order chi connectivity index (χ0) is 10.6. The van der Waals surface area contributed by atoms with E-state index in [1.165, 1.54) is 0 Å². The second kappa shape index (κ2) is 4.38. The number of hydrogen-bond donors (Lipinski definition) is 1. The van der Waals surface area contributed by atoms with Crippen LogP contribution in [-0.4, -0.2) is 17.5 Å². The van der Waals surface area contributed by atoms with Gasteiger partial charge in [0.05, 0.1) is 5.41 Å². The number of benzene rings is 1. The van der Waals surface area contributed by atoms with Crippen molar-refractivity contribution in [3.05, 3.63) is 35.9 Å². The molecule has 76 valence electrons. The molecule has 0 bridgehead atoms. The van der Waals surface area contributed by atoms with E-state index in [0.717, 1.165) is 5.56 Å². The second-order valence-electron chi connectivity index (χ2n) is 3.63. The third kappa shape index (κ3) is 1.85. The van der Waals surface area contributed by atoms with Crippen LogP contribution in [0.5, 0.6) is 0 Å². The minimum absolute atomic E-state index is 0.119. The number of Topliss-reactive ketones (excluding diaryl/α,β-unsaturated/α-hetero) is 1. The third-order valence-electron chi connectivity index (χ3n) is 2.88. The molecule has 0 aliphatic heterocycles. The first-order valence-electron chi connectivity index (χ1n) is 4.85. The SMILES string of the molecule is CC[C@@](C)(C(=O)CO)c1ccccc1. The Kier molecular flexibility index (Phi) is 3.42. The van der Waals surface area contributed by atoms with Crippen molar-refractivity contribution < 1.29 is 9.90 Å². The van der Waals surface area contributed by atoms with E-state index in [1.807, 2.05) is 44.2 Å². The van der Waals surface area contributed by atoms with Crippen LogP contribution in [-0.2, 0) is 10.2 Å². The number of carbonyl (C=O) groups excluding carboxylic acids is 1. The smallest absolute Gasteiger partial charge is 0.168 e. The highest BCUT2D eigenvalue weighted by Crippen LogP contribution is 2.28. The number of aliphatic hydroxyl groups is 1. The summed E-state index contributed by atoms with van der Waals surface area (Å²) >= 11 is 0. The lowest BCUT2D eigenvalue weighted by molar-refractivity contribution is -0.127. The van der Waals surface area contributed by atoms with E-state index < -0.39 is 5.41 Å². The van der Waals surface area contributed by atoms with E-state index in [4.69, 9.17) is 5.11 Å². The van der Waals surface area contributed by atoms with Gasteiger partial charge in [-0.15, -0.1) is 0 Å². The van der Waals surface area contributed by atoms with E-state index in [2.05, 4.69) is 0 Å². The molecule has 0 aliphatic rings. The summed E-state index contributed by atoms with van der Waals surface area (Å²) in [6.07, 6.45) is 0.705. The van der Waals surface area contributed by atoms with Crippen LogP contribution < -0.4 is 0 Å². The van der Waals surface area contributed by atoms with Gasteiger partial charge in [0.25, 0.3) is 0 Å². The van der Waals surface area contributed by atoms with Gasteiger partial charge in [0.1, 0.15) is 6.61 Å². The summed E-state index contributed by atoms with van der Waals surface area (Å²) in [6.45, 7) is 3.45. The average Bonchev–Trinajstić information content (AvgIpc) is 2.28. The molecule has 1 atom stereocenters. The normalized spacial score (nSPS) is 14.8. The topological polar surface area (TPSA) is 37.3 Å². The highest BCUT2D eigenvalue weighted by molar-refractivity contribution is 5.90. The average molecular weight is 192 g/mol. The molecule has 1 N–H and O–H groups in total. The van der Waals surface area contributed by atoms with E-state index >= 15 is 0 Å². The van der Waals surface area contributed by atoms with Gasteiger partial charge in [-0.05, 0) is 18.9 Å². The van der Waals surface area contributed by atoms with Crippen LogP contribution in [0.1, 0.15) is 25.8 Å². The van der Waals surface area contributed by atoms with Crippen LogP contribution in [0.2, 0.25) is 0 Å². The van der Waals surface area contributed by atoms with Gasteiger partial charge in [-0.3, -0.25) is 4.79 Å². The fraction of sp³-hybridized carbons (Fsp3) is 0.417. The third-order valence-corrected chi connectivity index (χ3v) is 2.88. The first-order chi connectivity index (χ1) is 6.65.